The number of aromatic nitrogens is 1. The molecule has 0 bridgehead atoms. The van der Waals surface area contributed by atoms with Gasteiger partial charge in [0.15, 0.2) is 11.5 Å². The molecule has 0 radical (unpaired) electrons. The van der Waals surface area contributed by atoms with E-state index in [9.17, 15) is 17.6 Å². The molecule has 23 heavy (non-hydrogen) atoms. The van der Waals surface area contributed by atoms with Crippen molar-refractivity contribution in [2.45, 2.75) is 6.54 Å². The first-order valence-electron chi connectivity index (χ1n) is 6.23. The number of hydrogen-bond donors (Lipinski definition) is 1. The van der Waals surface area contributed by atoms with Gasteiger partial charge in [-0.3, -0.25) is 0 Å². The van der Waals surface area contributed by atoms with Crippen LogP contribution in [0.3, 0.4) is 0 Å². The lowest BCUT2D eigenvalue weighted by Crippen LogP contribution is -2.10. The van der Waals surface area contributed by atoms with Crippen LogP contribution in [0.4, 0.5) is 23.2 Å². The molecule has 2 aromatic rings. The number of nitrogens with zero attached hydrogens (tertiary/aromatic N) is 1. The predicted molar refractivity (Wildman–Crippen MR) is 78.6 cm³/mol. The quantitative estimate of drug-likeness (QED) is 0.614. The Labute approximate surface area is 137 Å². The molecule has 0 aliphatic rings. The number of nitrogens with one attached hydrogen (secondary N) is 1. The normalized spacial score (nSPS) is 10.6. The van der Waals surface area contributed by atoms with Crippen molar-refractivity contribution in [1.82, 2.24) is 4.98 Å². The third-order valence-corrected chi connectivity index (χ3v) is 3.74. The fourth-order valence-electron chi connectivity index (χ4n) is 1.86. The minimum absolute atomic E-state index is 0.127. The molecule has 1 aromatic carbocycles. The minimum atomic E-state index is -1.72. The topological polar surface area (TPSA) is 43.4 Å². The molecular weight excluding hydrogens is 384 g/mol. The van der Waals surface area contributed by atoms with E-state index in [1.807, 2.05) is 0 Å². The molecule has 1 N–H and O–H groups in total. The van der Waals surface area contributed by atoms with Crippen LogP contribution in [-0.2, 0) is 6.54 Å². The standard InChI is InChI=1S/C14H11BrF4N2O2/c1-22-8-3-6(7(15)4-9(8)23-2)5-20-12-10(16)13(18)21-14(19)11(12)17/h3-4H,5H2,1-2H3,(H,20,21). The Morgan fingerprint density at radius 3 is 2.04 bits per heavy atom. The van der Waals surface area contributed by atoms with Gasteiger partial charge in [-0.05, 0) is 17.7 Å². The van der Waals surface area contributed by atoms with E-state index in [1.165, 1.54) is 14.2 Å². The molecule has 0 aliphatic carbocycles. The van der Waals surface area contributed by atoms with Gasteiger partial charge in [-0.25, -0.2) is 0 Å². The second-order valence-electron chi connectivity index (χ2n) is 4.35. The molecule has 1 aromatic heterocycles. The Balaban J connectivity index is 2.32. The smallest absolute Gasteiger partial charge is 0.253 e. The number of methoxy groups -OCH3 is 2. The summed E-state index contributed by atoms with van der Waals surface area (Å²) in [7, 11) is 2.88. The van der Waals surface area contributed by atoms with Gasteiger partial charge in [-0.15, -0.1) is 0 Å². The number of ether oxygens (including phenoxy) is 2. The lowest BCUT2D eigenvalue weighted by Gasteiger charge is -2.14. The summed E-state index contributed by atoms with van der Waals surface area (Å²) in [4.78, 5) is 2.49. The third kappa shape index (κ3) is 3.49. The molecule has 1 heterocycles. The van der Waals surface area contributed by atoms with Gasteiger partial charge in [0.05, 0.1) is 14.2 Å². The van der Waals surface area contributed by atoms with Crippen molar-refractivity contribution < 1.29 is 27.0 Å². The highest BCUT2D eigenvalue weighted by atomic mass is 79.9. The van der Waals surface area contributed by atoms with Crippen molar-refractivity contribution >= 4 is 21.6 Å². The zero-order valence-corrected chi connectivity index (χ0v) is 13.6. The van der Waals surface area contributed by atoms with Gasteiger partial charge in [-0.2, -0.15) is 22.5 Å². The molecule has 0 fully saturated rings. The van der Waals surface area contributed by atoms with Gasteiger partial charge in [-0.1, -0.05) is 15.9 Å². The number of anilines is 1. The molecule has 0 unspecified atom stereocenters. The van der Waals surface area contributed by atoms with Crippen LogP contribution in [0.15, 0.2) is 16.6 Å². The van der Waals surface area contributed by atoms with Gasteiger partial charge < -0.3 is 14.8 Å². The van der Waals surface area contributed by atoms with Crippen molar-refractivity contribution in [3.05, 3.63) is 45.7 Å². The van der Waals surface area contributed by atoms with Crippen LogP contribution >= 0.6 is 15.9 Å². The maximum atomic E-state index is 13.5. The number of benzene rings is 1. The van der Waals surface area contributed by atoms with E-state index >= 15 is 0 Å². The summed E-state index contributed by atoms with van der Waals surface area (Å²) >= 11 is 3.27. The van der Waals surface area contributed by atoms with Crippen LogP contribution < -0.4 is 14.8 Å². The number of hydrogen-bond acceptors (Lipinski definition) is 4. The summed E-state index contributed by atoms with van der Waals surface area (Å²) in [6, 6.07) is 3.15. The second kappa shape index (κ2) is 7.03. The van der Waals surface area contributed by atoms with Crippen LogP contribution in [-0.4, -0.2) is 19.2 Å². The SMILES string of the molecule is COc1cc(Br)c(CNc2c(F)c(F)nc(F)c2F)cc1OC. The summed E-state index contributed by atoms with van der Waals surface area (Å²) < 4.78 is 64.0. The molecule has 0 aliphatic heterocycles. The van der Waals surface area contributed by atoms with Gasteiger partial charge in [0.25, 0.3) is 11.9 Å². The van der Waals surface area contributed by atoms with Crippen molar-refractivity contribution in [3.8, 4) is 11.5 Å². The monoisotopic (exact) mass is 394 g/mol. The molecule has 0 saturated heterocycles. The van der Waals surface area contributed by atoms with Gasteiger partial charge in [0.1, 0.15) is 5.69 Å². The summed E-state index contributed by atoms with van der Waals surface area (Å²) in [5, 5.41) is 2.31. The summed E-state index contributed by atoms with van der Waals surface area (Å²) in [6.07, 6.45) is 0. The molecule has 2 rings (SSSR count). The molecule has 0 saturated carbocycles. The van der Waals surface area contributed by atoms with Crippen LogP contribution in [0.1, 0.15) is 5.56 Å². The van der Waals surface area contributed by atoms with E-state index in [0.717, 1.165) is 0 Å². The Kier molecular flexibility index (Phi) is 5.30. The van der Waals surface area contributed by atoms with Crippen LogP contribution in [0.2, 0.25) is 0 Å². The third-order valence-electron chi connectivity index (χ3n) is 3.01. The fourth-order valence-corrected chi connectivity index (χ4v) is 2.32. The molecule has 9 heteroatoms. The fraction of sp³-hybridized carbons (Fsp3) is 0.214. The Hall–Kier alpha value is -2.03. The zero-order valence-electron chi connectivity index (χ0n) is 12.0. The highest BCUT2D eigenvalue weighted by Crippen LogP contribution is 2.34. The lowest BCUT2D eigenvalue weighted by molar-refractivity contribution is 0.354. The Morgan fingerprint density at radius 1 is 1.00 bits per heavy atom. The Bertz CT molecular complexity index is 717. The van der Waals surface area contributed by atoms with Gasteiger partial charge in [0, 0.05) is 11.0 Å². The maximum Gasteiger partial charge on any atom is 0.253 e. The first-order chi connectivity index (χ1) is 10.9. The predicted octanol–water partition coefficient (Wildman–Crippen LogP) is 4.03. The van der Waals surface area contributed by atoms with Crippen molar-refractivity contribution in [2.75, 3.05) is 19.5 Å². The van der Waals surface area contributed by atoms with Crippen molar-refractivity contribution in [1.29, 1.82) is 0 Å². The van der Waals surface area contributed by atoms with E-state index in [2.05, 4.69) is 26.2 Å². The molecule has 0 atom stereocenters. The van der Waals surface area contributed by atoms with Crippen molar-refractivity contribution in [2.24, 2.45) is 0 Å². The first-order valence-corrected chi connectivity index (χ1v) is 7.02. The van der Waals surface area contributed by atoms with E-state index in [1.54, 1.807) is 12.1 Å². The number of rotatable bonds is 5. The average molecular weight is 395 g/mol. The van der Waals surface area contributed by atoms with Crippen LogP contribution in [0, 0.1) is 23.5 Å². The van der Waals surface area contributed by atoms with E-state index in [-0.39, 0.29) is 6.54 Å². The van der Waals surface area contributed by atoms with Crippen molar-refractivity contribution in [3.63, 3.8) is 0 Å². The van der Waals surface area contributed by atoms with Gasteiger partial charge in [0.2, 0.25) is 11.6 Å². The second-order valence-corrected chi connectivity index (χ2v) is 5.20. The molecule has 124 valence electrons. The summed E-state index contributed by atoms with van der Waals surface area (Å²) in [5.41, 5.74) is -0.407. The van der Waals surface area contributed by atoms with Crippen LogP contribution in [0.5, 0.6) is 11.5 Å². The van der Waals surface area contributed by atoms with E-state index in [0.29, 0.717) is 21.5 Å². The molecule has 0 amide bonds. The molecule has 4 nitrogen and oxygen atoms in total. The minimum Gasteiger partial charge on any atom is -0.493 e. The highest BCUT2D eigenvalue weighted by molar-refractivity contribution is 9.10. The first kappa shape index (κ1) is 17.3. The van der Waals surface area contributed by atoms with E-state index in [4.69, 9.17) is 9.47 Å². The lowest BCUT2D eigenvalue weighted by atomic mass is 10.2. The van der Waals surface area contributed by atoms with E-state index < -0.39 is 29.2 Å². The molecule has 0 spiro atoms. The van der Waals surface area contributed by atoms with Crippen LogP contribution in [0.25, 0.3) is 0 Å². The zero-order chi connectivity index (χ0) is 17.1. The number of halogens is 5. The summed E-state index contributed by atoms with van der Waals surface area (Å²) in [5.74, 6) is -5.81. The highest BCUT2D eigenvalue weighted by Gasteiger charge is 2.21. The number of pyridine rings is 1. The van der Waals surface area contributed by atoms with Gasteiger partial charge >= 0.3 is 0 Å². The molecular formula is C14H11BrF4N2O2. The summed E-state index contributed by atoms with van der Waals surface area (Å²) in [6.45, 7) is -0.127. The average Bonchev–Trinajstić information content (AvgIpc) is 2.53. The Morgan fingerprint density at radius 2 is 1.52 bits per heavy atom. The maximum absolute atomic E-state index is 13.5. The largest absolute Gasteiger partial charge is 0.493 e.